The minimum atomic E-state index is -1.18. The molecular formula is C13H16N2O3. The summed E-state index contributed by atoms with van der Waals surface area (Å²) in [6.07, 6.45) is 3.29. The average Bonchev–Trinajstić information content (AvgIpc) is 3.13. The Morgan fingerprint density at radius 3 is 2.67 bits per heavy atom. The van der Waals surface area contributed by atoms with Crippen LogP contribution < -0.4 is 5.32 Å². The number of nitrogens with one attached hydrogen (secondary N) is 1. The highest BCUT2D eigenvalue weighted by Crippen LogP contribution is 2.39. The van der Waals surface area contributed by atoms with E-state index in [-0.39, 0.29) is 11.8 Å². The second-order valence-corrected chi connectivity index (χ2v) is 4.87. The van der Waals surface area contributed by atoms with Crippen LogP contribution in [-0.4, -0.2) is 27.5 Å². The van der Waals surface area contributed by atoms with Crippen LogP contribution in [0.3, 0.4) is 0 Å². The normalized spacial score (nSPS) is 17.9. The van der Waals surface area contributed by atoms with Gasteiger partial charge in [-0.15, -0.1) is 0 Å². The van der Waals surface area contributed by atoms with Crippen molar-refractivity contribution in [1.29, 1.82) is 0 Å². The summed E-state index contributed by atoms with van der Waals surface area (Å²) in [4.78, 5) is 27.5. The number of rotatable bonds is 4. The maximum atomic E-state index is 12.1. The first-order chi connectivity index (χ1) is 8.45. The predicted molar refractivity (Wildman–Crippen MR) is 65.2 cm³/mol. The van der Waals surface area contributed by atoms with Gasteiger partial charge in [-0.2, -0.15) is 0 Å². The molecular weight excluding hydrogens is 232 g/mol. The summed E-state index contributed by atoms with van der Waals surface area (Å²) in [6, 6.07) is 3.31. The Labute approximate surface area is 105 Å². The van der Waals surface area contributed by atoms with Gasteiger partial charge in [0, 0.05) is 11.9 Å². The van der Waals surface area contributed by atoms with Crippen molar-refractivity contribution in [3.63, 3.8) is 0 Å². The molecule has 1 heterocycles. The molecule has 1 aliphatic carbocycles. The van der Waals surface area contributed by atoms with Crippen LogP contribution in [-0.2, 0) is 4.79 Å². The number of aliphatic carboxylic acids is 1. The van der Waals surface area contributed by atoms with Crippen molar-refractivity contribution in [1.82, 2.24) is 10.3 Å². The number of aromatic nitrogens is 1. The number of carbonyl (C=O) groups is 2. The molecule has 18 heavy (non-hydrogen) atoms. The van der Waals surface area contributed by atoms with Crippen LogP contribution in [0.4, 0.5) is 0 Å². The van der Waals surface area contributed by atoms with E-state index in [1.54, 1.807) is 32.2 Å². The molecule has 1 aromatic heterocycles. The second kappa shape index (κ2) is 4.40. The Bertz CT molecular complexity index is 497. The van der Waals surface area contributed by atoms with Crippen LogP contribution in [0.25, 0.3) is 0 Å². The van der Waals surface area contributed by atoms with Crippen LogP contribution >= 0.6 is 0 Å². The first kappa shape index (κ1) is 12.5. The molecule has 96 valence electrons. The van der Waals surface area contributed by atoms with Gasteiger partial charge in [-0.05, 0) is 44.7 Å². The molecule has 1 amide bonds. The minimum absolute atomic E-state index is 0.0240. The van der Waals surface area contributed by atoms with Gasteiger partial charge in [0.1, 0.15) is 5.54 Å². The van der Waals surface area contributed by atoms with Gasteiger partial charge in [-0.1, -0.05) is 0 Å². The summed E-state index contributed by atoms with van der Waals surface area (Å²) in [5.41, 5.74) is -0.163. The maximum absolute atomic E-state index is 12.1. The Morgan fingerprint density at radius 2 is 2.17 bits per heavy atom. The Balaban J connectivity index is 2.20. The van der Waals surface area contributed by atoms with Crippen molar-refractivity contribution in [3.8, 4) is 0 Å². The van der Waals surface area contributed by atoms with Crippen LogP contribution in [0, 0.1) is 12.8 Å². The van der Waals surface area contributed by atoms with E-state index in [0.29, 0.717) is 11.3 Å². The van der Waals surface area contributed by atoms with Gasteiger partial charge in [0.05, 0.1) is 5.56 Å². The first-order valence-corrected chi connectivity index (χ1v) is 5.92. The molecule has 0 aromatic carbocycles. The number of amides is 1. The smallest absolute Gasteiger partial charge is 0.329 e. The number of hydrogen-bond acceptors (Lipinski definition) is 3. The van der Waals surface area contributed by atoms with Crippen LogP contribution in [0.5, 0.6) is 0 Å². The second-order valence-electron chi connectivity index (χ2n) is 4.87. The summed E-state index contributed by atoms with van der Waals surface area (Å²) < 4.78 is 0. The molecule has 1 aromatic rings. The average molecular weight is 248 g/mol. The standard InChI is InChI=1S/C13H16N2O3/c1-8-10(4-3-7-14-8)11(16)15-13(2,12(17)18)9-5-6-9/h3-4,7,9H,5-6H2,1-2H3,(H,15,16)(H,17,18). The molecule has 0 radical (unpaired) electrons. The molecule has 0 spiro atoms. The van der Waals surface area contributed by atoms with E-state index >= 15 is 0 Å². The summed E-state index contributed by atoms with van der Waals surface area (Å²) in [6.45, 7) is 3.29. The van der Waals surface area contributed by atoms with Gasteiger partial charge in [-0.25, -0.2) is 4.79 Å². The third-order valence-electron chi connectivity index (χ3n) is 3.46. The molecule has 0 bridgehead atoms. The molecule has 1 unspecified atom stereocenters. The first-order valence-electron chi connectivity index (χ1n) is 5.92. The molecule has 2 N–H and O–H groups in total. The minimum Gasteiger partial charge on any atom is -0.480 e. The van der Waals surface area contributed by atoms with Crippen LogP contribution in [0.15, 0.2) is 18.3 Å². The number of hydrogen-bond donors (Lipinski definition) is 2. The predicted octanol–water partition coefficient (Wildman–Crippen LogP) is 1.37. The molecule has 5 nitrogen and oxygen atoms in total. The van der Waals surface area contributed by atoms with Crippen molar-refractivity contribution < 1.29 is 14.7 Å². The van der Waals surface area contributed by atoms with Gasteiger partial charge >= 0.3 is 5.97 Å². The van der Waals surface area contributed by atoms with Crippen LogP contribution in [0.1, 0.15) is 35.8 Å². The van der Waals surface area contributed by atoms with Crippen molar-refractivity contribution >= 4 is 11.9 Å². The van der Waals surface area contributed by atoms with Crippen molar-refractivity contribution in [3.05, 3.63) is 29.6 Å². The zero-order valence-electron chi connectivity index (χ0n) is 10.4. The molecule has 2 rings (SSSR count). The largest absolute Gasteiger partial charge is 0.480 e. The van der Waals surface area contributed by atoms with E-state index in [1.165, 1.54) is 0 Å². The number of carboxylic acid groups (broad SMARTS) is 1. The quantitative estimate of drug-likeness (QED) is 0.843. The molecule has 1 atom stereocenters. The number of nitrogens with zero attached hydrogens (tertiary/aromatic N) is 1. The van der Waals surface area contributed by atoms with Gasteiger partial charge in [-0.3, -0.25) is 9.78 Å². The molecule has 0 aliphatic heterocycles. The number of aryl methyl sites for hydroxylation is 1. The molecule has 5 heteroatoms. The number of pyridine rings is 1. The Morgan fingerprint density at radius 1 is 1.50 bits per heavy atom. The lowest BCUT2D eigenvalue weighted by Gasteiger charge is -2.26. The highest BCUT2D eigenvalue weighted by atomic mass is 16.4. The third-order valence-corrected chi connectivity index (χ3v) is 3.46. The fourth-order valence-electron chi connectivity index (χ4n) is 2.02. The van der Waals surface area contributed by atoms with Crippen molar-refractivity contribution in [2.75, 3.05) is 0 Å². The van der Waals surface area contributed by atoms with E-state index in [9.17, 15) is 14.7 Å². The van der Waals surface area contributed by atoms with Gasteiger partial charge in [0.25, 0.3) is 5.91 Å². The Kier molecular flexibility index (Phi) is 3.07. The summed E-state index contributed by atoms with van der Waals surface area (Å²) >= 11 is 0. The van der Waals surface area contributed by atoms with Gasteiger partial charge in [0.2, 0.25) is 0 Å². The van der Waals surface area contributed by atoms with E-state index in [0.717, 1.165) is 12.8 Å². The lowest BCUT2D eigenvalue weighted by Crippen LogP contribution is -2.54. The molecule has 1 aliphatic rings. The number of carbonyl (C=O) groups excluding carboxylic acids is 1. The summed E-state index contributed by atoms with van der Waals surface area (Å²) in [5, 5.41) is 11.9. The monoisotopic (exact) mass is 248 g/mol. The van der Waals surface area contributed by atoms with E-state index in [1.807, 2.05) is 0 Å². The molecule has 0 saturated heterocycles. The zero-order chi connectivity index (χ0) is 13.3. The Hall–Kier alpha value is -1.91. The molecule has 1 saturated carbocycles. The summed E-state index contributed by atoms with van der Waals surface area (Å²) in [7, 11) is 0. The zero-order valence-corrected chi connectivity index (χ0v) is 10.4. The fourth-order valence-corrected chi connectivity index (χ4v) is 2.02. The maximum Gasteiger partial charge on any atom is 0.329 e. The summed E-state index contributed by atoms with van der Waals surface area (Å²) in [5.74, 6) is -1.34. The highest BCUT2D eigenvalue weighted by Gasteiger charge is 2.48. The SMILES string of the molecule is Cc1ncccc1C(=O)NC(C)(C(=O)O)C1CC1. The topological polar surface area (TPSA) is 79.3 Å². The van der Waals surface area contributed by atoms with Crippen molar-refractivity contribution in [2.24, 2.45) is 5.92 Å². The van der Waals surface area contributed by atoms with Crippen LogP contribution in [0.2, 0.25) is 0 Å². The fraction of sp³-hybridized carbons (Fsp3) is 0.462. The highest BCUT2D eigenvalue weighted by molar-refractivity contribution is 5.98. The van der Waals surface area contributed by atoms with E-state index in [2.05, 4.69) is 10.3 Å². The van der Waals surface area contributed by atoms with Gasteiger partial charge < -0.3 is 10.4 Å². The third kappa shape index (κ3) is 2.20. The lowest BCUT2D eigenvalue weighted by atomic mass is 9.95. The molecule has 1 fully saturated rings. The van der Waals surface area contributed by atoms with Gasteiger partial charge in [0.15, 0.2) is 0 Å². The van der Waals surface area contributed by atoms with E-state index in [4.69, 9.17) is 0 Å². The van der Waals surface area contributed by atoms with Crippen molar-refractivity contribution in [2.45, 2.75) is 32.2 Å². The lowest BCUT2D eigenvalue weighted by molar-refractivity contribution is -0.144. The number of carboxylic acids is 1. The van der Waals surface area contributed by atoms with E-state index < -0.39 is 11.5 Å².